The molecule has 0 saturated heterocycles. The molecule has 4 atom stereocenters. The second-order valence-corrected chi connectivity index (χ2v) is 27.0. The van der Waals surface area contributed by atoms with Crippen LogP contribution in [0.2, 0.25) is 0 Å². The van der Waals surface area contributed by atoms with E-state index >= 15 is 0 Å². The average Bonchev–Trinajstić information content (AvgIpc) is 0.797. The van der Waals surface area contributed by atoms with Gasteiger partial charge in [0.1, 0.15) is 48.4 Å². The standard InChI is InChI=1S/C82H110N6O8/c1-11-12-13-14-15-16-17-20-24-27-30-45-93-54-68(55-96-67-37-43-74(76(91)51-67)82-87-79(71-40-34-58(4)49-62(71)8)84-80(88-82)72-41-35-59(5)63(9)64(72)10)94-46-31-28-25-22-19-18-21-23-26-29-44-92-52-65(89)53-95-66-36-42-73(75(90)50-66)81-85-77(69-38-32-56(2)47-60(69)6)83-78(86-81)70-39-33-57(3)48-61(70)7/h32-43,47-51,63-65,68,89-91H,11-31,44-46,52-55H2,1-10H3. The number of benzene rings is 5. The molecule has 3 N–H and O–H groups in total. The van der Waals surface area contributed by atoms with Crippen molar-refractivity contribution in [2.75, 3.05) is 46.2 Å². The molecule has 1 aliphatic rings. The first-order chi connectivity index (χ1) is 46.5. The number of hydrogen-bond donors (Lipinski definition) is 3. The maximum Gasteiger partial charge on any atom is 0.167 e. The molecule has 4 unspecified atom stereocenters. The van der Waals surface area contributed by atoms with E-state index in [1.807, 2.05) is 50.2 Å². The van der Waals surface area contributed by atoms with Crippen LogP contribution in [0.25, 0.3) is 62.5 Å². The van der Waals surface area contributed by atoms with E-state index in [0.29, 0.717) is 96.5 Å². The molecular formula is C82H110N6O8. The van der Waals surface area contributed by atoms with Gasteiger partial charge in [0.2, 0.25) is 0 Å². The van der Waals surface area contributed by atoms with Gasteiger partial charge in [-0.25, -0.2) is 29.9 Å². The molecule has 0 fully saturated rings. The SMILES string of the molecule is CCCCCCCCCCCCCOCC(COc1ccc(-c2nc(C3=CC=C(C)C(C)C3C)nc(-c3ccc(C)cc3C)n2)c(O)c1)OCCCCCCCCCCCCOCC(O)COc1ccc(-c2nc(-c3ccc(C)cc3C)nc(-c3ccc(C)cc3C)n2)c(O)c1. The highest BCUT2D eigenvalue weighted by Gasteiger charge is 2.27. The van der Waals surface area contributed by atoms with Gasteiger partial charge >= 0.3 is 0 Å². The van der Waals surface area contributed by atoms with Crippen LogP contribution in [-0.4, -0.2) is 104 Å². The van der Waals surface area contributed by atoms with Crippen molar-refractivity contribution in [2.24, 2.45) is 11.8 Å². The highest BCUT2D eigenvalue weighted by molar-refractivity contribution is 5.75. The molecule has 0 aliphatic heterocycles. The lowest BCUT2D eigenvalue weighted by molar-refractivity contribution is -0.0389. The van der Waals surface area contributed by atoms with Crippen LogP contribution in [0.1, 0.15) is 202 Å². The zero-order valence-corrected chi connectivity index (χ0v) is 59.5. The van der Waals surface area contributed by atoms with Crippen LogP contribution in [0.5, 0.6) is 23.0 Å². The number of aromatic hydroxyl groups is 2. The van der Waals surface area contributed by atoms with Crippen LogP contribution < -0.4 is 9.47 Å². The van der Waals surface area contributed by atoms with E-state index in [-0.39, 0.29) is 36.7 Å². The number of ether oxygens (including phenoxy) is 5. The molecule has 0 radical (unpaired) electrons. The van der Waals surface area contributed by atoms with Gasteiger partial charge in [-0.1, -0.05) is 225 Å². The summed E-state index contributed by atoms with van der Waals surface area (Å²) in [6.45, 7) is 24.1. The second-order valence-electron chi connectivity index (χ2n) is 27.0. The first kappa shape index (κ1) is 74.4. The average molecular weight is 1310 g/mol. The van der Waals surface area contributed by atoms with E-state index in [9.17, 15) is 15.3 Å². The number of hydrogen-bond acceptors (Lipinski definition) is 14. The number of unbranched alkanes of at least 4 members (excludes halogenated alkanes) is 19. The summed E-state index contributed by atoms with van der Waals surface area (Å²) in [4.78, 5) is 29.6. The van der Waals surface area contributed by atoms with Gasteiger partial charge in [-0.2, -0.15) is 0 Å². The summed E-state index contributed by atoms with van der Waals surface area (Å²) in [5.74, 6) is 4.53. The van der Waals surface area contributed by atoms with Gasteiger partial charge in [0.05, 0.1) is 24.3 Å². The van der Waals surface area contributed by atoms with E-state index in [0.717, 1.165) is 88.6 Å². The molecule has 5 aromatic carbocycles. The Bertz CT molecular complexity index is 3550. The number of allylic oxidation sites excluding steroid dienone is 4. The van der Waals surface area contributed by atoms with Gasteiger partial charge in [0.25, 0.3) is 0 Å². The minimum Gasteiger partial charge on any atom is -0.507 e. The quantitative estimate of drug-likeness (QED) is 0.0307. The van der Waals surface area contributed by atoms with Crippen molar-refractivity contribution in [1.29, 1.82) is 0 Å². The largest absolute Gasteiger partial charge is 0.507 e. The lowest BCUT2D eigenvalue weighted by atomic mass is 9.80. The summed E-state index contributed by atoms with van der Waals surface area (Å²) in [5.41, 5.74) is 12.7. The summed E-state index contributed by atoms with van der Waals surface area (Å²) < 4.78 is 30.8. The van der Waals surface area contributed by atoms with Crippen LogP contribution in [0, 0.1) is 53.4 Å². The smallest absolute Gasteiger partial charge is 0.167 e. The van der Waals surface area contributed by atoms with Gasteiger partial charge in [-0.05, 0) is 121 Å². The van der Waals surface area contributed by atoms with E-state index in [4.69, 9.17) is 53.6 Å². The molecule has 2 heterocycles. The molecule has 0 saturated carbocycles. The highest BCUT2D eigenvalue weighted by atomic mass is 16.6. The fraction of sp³-hybridized carbons (Fsp3) is 0.512. The van der Waals surface area contributed by atoms with Crippen LogP contribution in [0.4, 0.5) is 0 Å². The number of aryl methyl sites for hydroxylation is 6. The Labute approximate surface area is 573 Å². The molecule has 516 valence electrons. The molecule has 0 amide bonds. The van der Waals surface area contributed by atoms with Gasteiger partial charge in [0.15, 0.2) is 34.9 Å². The maximum atomic E-state index is 11.6. The number of aliphatic hydroxyl groups excluding tert-OH is 1. The first-order valence-corrected chi connectivity index (χ1v) is 36.1. The zero-order valence-electron chi connectivity index (χ0n) is 59.5. The fourth-order valence-corrected chi connectivity index (χ4v) is 12.6. The maximum absolute atomic E-state index is 11.6. The second kappa shape index (κ2) is 39.1. The third-order valence-electron chi connectivity index (χ3n) is 18.7. The van der Waals surface area contributed by atoms with Crippen molar-refractivity contribution >= 4 is 5.57 Å². The predicted octanol–water partition coefficient (Wildman–Crippen LogP) is 19.7. The third kappa shape index (κ3) is 23.2. The zero-order chi connectivity index (χ0) is 68.2. The molecule has 14 nitrogen and oxygen atoms in total. The number of phenols is 2. The molecule has 1 aliphatic carbocycles. The third-order valence-corrected chi connectivity index (χ3v) is 18.7. The number of phenolic OH excluding ortho intramolecular Hbond substituents is 2. The fourth-order valence-electron chi connectivity index (χ4n) is 12.6. The van der Waals surface area contributed by atoms with Crippen molar-refractivity contribution in [3.63, 3.8) is 0 Å². The summed E-state index contributed by atoms with van der Waals surface area (Å²) in [7, 11) is 0. The van der Waals surface area contributed by atoms with Crippen LogP contribution in [0.15, 0.2) is 109 Å². The molecule has 96 heavy (non-hydrogen) atoms. The van der Waals surface area contributed by atoms with Crippen LogP contribution in [0.3, 0.4) is 0 Å². The van der Waals surface area contributed by atoms with E-state index in [1.54, 1.807) is 18.2 Å². The minimum atomic E-state index is -0.818. The lowest BCUT2D eigenvalue weighted by Crippen LogP contribution is -2.28. The Morgan fingerprint density at radius 2 is 0.740 bits per heavy atom. The normalized spacial score (nSPS) is 14.6. The van der Waals surface area contributed by atoms with E-state index in [2.05, 4.69) is 97.9 Å². The number of aliphatic hydroxyl groups is 1. The summed E-state index contributed by atoms with van der Waals surface area (Å²) in [6.07, 6.45) is 28.7. The van der Waals surface area contributed by atoms with Crippen molar-refractivity contribution in [2.45, 2.75) is 216 Å². The van der Waals surface area contributed by atoms with Crippen molar-refractivity contribution in [3.8, 4) is 79.9 Å². The van der Waals surface area contributed by atoms with Crippen LogP contribution >= 0.6 is 0 Å². The molecule has 14 heteroatoms. The molecular weight excluding hydrogens is 1200 g/mol. The molecule has 0 bridgehead atoms. The Balaban J connectivity index is 0.727. The molecule has 2 aromatic heterocycles. The van der Waals surface area contributed by atoms with Crippen LogP contribution in [-0.2, 0) is 14.2 Å². The predicted molar refractivity (Wildman–Crippen MR) is 390 cm³/mol. The topological polar surface area (TPSA) is 184 Å². The molecule has 7 aromatic rings. The number of rotatable bonds is 42. The number of nitrogens with zero attached hydrogens (tertiary/aromatic N) is 6. The lowest BCUT2D eigenvalue weighted by Gasteiger charge is -2.26. The Morgan fingerprint density at radius 1 is 0.375 bits per heavy atom. The summed E-state index contributed by atoms with van der Waals surface area (Å²) in [6, 6.07) is 29.0. The summed E-state index contributed by atoms with van der Waals surface area (Å²) >= 11 is 0. The van der Waals surface area contributed by atoms with Gasteiger partial charge in [-0.15, -0.1) is 0 Å². The Morgan fingerprint density at radius 3 is 1.16 bits per heavy atom. The molecule has 0 spiro atoms. The van der Waals surface area contributed by atoms with Crippen molar-refractivity contribution in [1.82, 2.24) is 29.9 Å². The minimum absolute atomic E-state index is 0.0259. The summed E-state index contributed by atoms with van der Waals surface area (Å²) in [5, 5.41) is 33.6. The van der Waals surface area contributed by atoms with E-state index in [1.165, 1.54) is 114 Å². The molecule has 8 rings (SSSR count). The van der Waals surface area contributed by atoms with Crippen molar-refractivity contribution < 1.29 is 39.0 Å². The van der Waals surface area contributed by atoms with Gasteiger partial charge < -0.3 is 39.0 Å². The number of aromatic nitrogens is 6. The monoisotopic (exact) mass is 1310 g/mol. The first-order valence-electron chi connectivity index (χ1n) is 36.1. The highest BCUT2D eigenvalue weighted by Crippen LogP contribution is 2.39. The van der Waals surface area contributed by atoms with Gasteiger partial charge in [-0.3, -0.25) is 0 Å². The Hall–Kier alpha value is -7.36. The van der Waals surface area contributed by atoms with Crippen molar-refractivity contribution in [3.05, 3.63) is 148 Å². The van der Waals surface area contributed by atoms with E-state index < -0.39 is 6.10 Å². The van der Waals surface area contributed by atoms with Gasteiger partial charge in [0, 0.05) is 54.2 Å². The Kier molecular flexibility index (Phi) is 30.3.